The van der Waals surface area contributed by atoms with Crippen LogP contribution in [0.1, 0.15) is 77.1 Å². The summed E-state index contributed by atoms with van der Waals surface area (Å²) >= 11 is 0. The first-order valence-electron chi connectivity index (χ1n) is 11.3. The summed E-state index contributed by atoms with van der Waals surface area (Å²) in [6.45, 7) is 6.88. The van der Waals surface area contributed by atoms with E-state index in [-0.39, 0.29) is 12.1 Å². The third kappa shape index (κ3) is 3.14. The number of aryl methyl sites for hydroxylation is 1. The molecule has 2 bridgehead atoms. The van der Waals surface area contributed by atoms with Gasteiger partial charge in [0.25, 0.3) is 10.0 Å². The van der Waals surface area contributed by atoms with Gasteiger partial charge in [0.1, 0.15) is 5.82 Å². The first kappa shape index (κ1) is 19.1. The molecular weight excluding hydrogens is 372 g/mol. The van der Waals surface area contributed by atoms with Gasteiger partial charge in [0, 0.05) is 36.8 Å². The van der Waals surface area contributed by atoms with Gasteiger partial charge in [-0.15, -0.1) is 0 Å². The number of fused-ring (bicyclic) bond motifs is 3. The molecule has 0 radical (unpaired) electrons. The Hall–Kier alpha value is -0.920. The van der Waals surface area contributed by atoms with E-state index in [1.54, 1.807) is 0 Å². The van der Waals surface area contributed by atoms with Crippen LogP contribution in [-0.4, -0.2) is 58.4 Å². The molecule has 0 aromatic carbocycles. The normalized spacial score (nSPS) is 35.2. The molecule has 3 unspecified atom stereocenters. The van der Waals surface area contributed by atoms with E-state index in [9.17, 15) is 8.42 Å². The van der Waals surface area contributed by atoms with Gasteiger partial charge in [0.15, 0.2) is 5.03 Å². The summed E-state index contributed by atoms with van der Waals surface area (Å²) in [4.78, 5) is 7.23. The summed E-state index contributed by atoms with van der Waals surface area (Å²) in [5, 5.41) is 0.290. The van der Waals surface area contributed by atoms with Gasteiger partial charge in [-0.3, -0.25) is 0 Å². The maximum Gasteiger partial charge on any atom is 0.262 e. The van der Waals surface area contributed by atoms with Gasteiger partial charge in [-0.1, -0.05) is 6.92 Å². The minimum Gasteiger partial charge on any atom is -0.331 e. The Kier molecular flexibility index (Phi) is 4.83. The summed E-state index contributed by atoms with van der Waals surface area (Å²) in [5.74, 6) is 1.78. The zero-order chi connectivity index (χ0) is 19.5. The van der Waals surface area contributed by atoms with Crippen molar-refractivity contribution >= 4 is 10.0 Å². The van der Waals surface area contributed by atoms with E-state index in [4.69, 9.17) is 0 Å². The molecule has 0 saturated carbocycles. The lowest BCUT2D eigenvalue weighted by molar-refractivity contribution is 0.0758. The maximum atomic E-state index is 13.5. The van der Waals surface area contributed by atoms with E-state index in [0.29, 0.717) is 17.1 Å². The van der Waals surface area contributed by atoms with Gasteiger partial charge in [-0.2, -0.15) is 4.31 Å². The minimum atomic E-state index is -3.50. The maximum absolute atomic E-state index is 13.5. The molecule has 4 aliphatic heterocycles. The Bertz CT molecular complexity index is 813. The average Bonchev–Trinajstić information content (AvgIpc) is 3.23. The molecule has 5 heterocycles. The number of imidazole rings is 1. The SMILES string of the molecule is CC1CCN(C2CC3CCC(C2)N3S(=O)(=O)c2cn3c(n2)CCCC3C)CC1. The standard InChI is InChI=1S/C21H34N4O2S/c1-15-8-10-23(11-9-15)19-12-17-6-7-18(13-19)25(17)28(26,27)21-14-24-16(2)4-3-5-20(24)22-21/h14-19H,3-13H2,1-2H3. The van der Waals surface area contributed by atoms with Gasteiger partial charge in [-0.25, -0.2) is 13.4 Å². The fourth-order valence-electron chi connectivity index (χ4n) is 6.09. The molecule has 3 fully saturated rings. The largest absolute Gasteiger partial charge is 0.331 e. The number of hydrogen-bond acceptors (Lipinski definition) is 4. The van der Waals surface area contributed by atoms with Crippen molar-refractivity contribution in [3.63, 3.8) is 0 Å². The van der Waals surface area contributed by atoms with Crippen LogP contribution < -0.4 is 0 Å². The van der Waals surface area contributed by atoms with Gasteiger partial charge in [-0.05, 0) is 77.3 Å². The Morgan fingerprint density at radius 3 is 2.29 bits per heavy atom. The van der Waals surface area contributed by atoms with Crippen LogP contribution in [0.15, 0.2) is 11.2 Å². The fraction of sp³-hybridized carbons (Fsp3) is 0.857. The van der Waals surface area contributed by atoms with Gasteiger partial charge < -0.3 is 9.47 Å². The molecule has 5 rings (SSSR count). The molecule has 7 heteroatoms. The molecule has 28 heavy (non-hydrogen) atoms. The molecule has 156 valence electrons. The zero-order valence-electron chi connectivity index (χ0n) is 17.3. The number of aromatic nitrogens is 2. The highest BCUT2D eigenvalue weighted by Gasteiger charge is 2.49. The van der Waals surface area contributed by atoms with Crippen LogP contribution in [0.3, 0.4) is 0 Å². The summed E-state index contributed by atoms with van der Waals surface area (Å²) in [6.07, 6.45) is 11.5. The third-order valence-electron chi connectivity index (χ3n) is 7.80. The van der Waals surface area contributed by atoms with Crippen molar-refractivity contribution in [1.29, 1.82) is 0 Å². The zero-order valence-corrected chi connectivity index (χ0v) is 18.1. The second-order valence-corrected chi connectivity index (χ2v) is 11.5. The van der Waals surface area contributed by atoms with E-state index in [2.05, 4.69) is 28.3 Å². The molecule has 3 atom stereocenters. The second kappa shape index (κ2) is 7.10. The lowest BCUT2D eigenvalue weighted by Crippen LogP contribution is -2.53. The molecule has 1 aromatic rings. The molecule has 0 amide bonds. The lowest BCUT2D eigenvalue weighted by atomic mass is 9.93. The first-order chi connectivity index (χ1) is 13.4. The predicted molar refractivity (Wildman–Crippen MR) is 109 cm³/mol. The number of likely N-dealkylation sites (tertiary alicyclic amines) is 1. The van der Waals surface area contributed by atoms with E-state index in [1.807, 2.05) is 10.5 Å². The monoisotopic (exact) mass is 406 g/mol. The van der Waals surface area contributed by atoms with Crippen LogP contribution in [0.25, 0.3) is 0 Å². The predicted octanol–water partition coefficient (Wildman–Crippen LogP) is 3.20. The van der Waals surface area contributed by atoms with Crippen molar-refractivity contribution in [2.75, 3.05) is 13.1 Å². The Labute approximate surface area is 169 Å². The van der Waals surface area contributed by atoms with Crippen molar-refractivity contribution in [3.8, 4) is 0 Å². The minimum absolute atomic E-state index is 0.157. The number of sulfonamides is 1. The molecule has 6 nitrogen and oxygen atoms in total. The van der Waals surface area contributed by atoms with Crippen LogP contribution >= 0.6 is 0 Å². The third-order valence-corrected chi connectivity index (χ3v) is 9.68. The average molecular weight is 407 g/mol. The molecule has 3 saturated heterocycles. The number of hydrogen-bond donors (Lipinski definition) is 0. The lowest BCUT2D eigenvalue weighted by Gasteiger charge is -2.44. The van der Waals surface area contributed by atoms with Crippen molar-refractivity contribution < 1.29 is 8.42 Å². The summed E-state index contributed by atoms with van der Waals surface area (Å²) in [6, 6.07) is 1.23. The molecule has 0 aliphatic carbocycles. The Balaban J connectivity index is 1.36. The van der Waals surface area contributed by atoms with Gasteiger partial charge in [0.05, 0.1) is 0 Å². The van der Waals surface area contributed by atoms with Crippen LogP contribution in [0.2, 0.25) is 0 Å². The van der Waals surface area contributed by atoms with Crippen LogP contribution in [0.4, 0.5) is 0 Å². The second-order valence-electron chi connectivity index (χ2n) is 9.71. The van der Waals surface area contributed by atoms with Crippen molar-refractivity contribution in [2.45, 2.75) is 101 Å². The fourth-order valence-corrected chi connectivity index (χ4v) is 7.94. The van der Waals surface area contributed by atoms with E-state index < -0.39 is 10.0 Å². The summed E-state index contributed by atoms with van der Waals surface area (Å²) < 4.78 is 31.0. The Morgan fingerprint density at radius 1 is 0.964 bits per heavy atom. The molecule has 1 aromatic heterocycles. The smallest absolute Gasteiger partial charge is 0.262 e. The summed E-state index contributed by atoms with van der Waals surface area (Å²) in [7, 11) is -3.50. The number of piperidine rings is 2. The molecule has 0 spiro atoms. The topological polar surface area (TPSA) is 58.4 Å². The van der Waals surface area contributed by atoms with Crippen LogP contribution in [0, 0.1) is 5.92 Å². The van der Waals surface area contributed by atoms with E-state index in [0.717, 1.165) is 56.7 Å². The van der Waals surface area contributed by atoms with E-state index >= 15 is 0 Å². The number of rotatable bonds is 3. The van der Waals surface area contributed by atoms with Crippen molar-refractivity contribution in [3.05, 3.63) is 12.0 Å². The Morgan fingerprint density at radius 2 is 1.64 bits per heavy atom. The highest BCUT2D eigenvalue weighted by atomic mass is 32.2. The highest BCUT2D eigenvalue weighted by molar-refractivity contribution is 7.89. The molecular formula is C21H34N4O2S. The highest BCUT2D eigenvalue weighted by Crippen LogP contribution is 2.42. The van der Waals surface area contributed by atoms with Crippen molar-refractivity contribution in [1.82, 2.24) is 18.8 Å². The van der Waals surface area contributed by atoms with Gasteiger partial charge >= 0.3 is 0 Å². The molecule has 0 N–H and O–H groups in total. The molecule has 4 aliphatic rings. The van der Waals surface area contributed by atoms with Gasteiger partial charge in [0.2, 0.25) is 0 Å². The quantitative estimate of drug-likeness (QED) is 0.773. The first-order valence-corrected chi connectivity index (χ1v) is 12.7. The van der Waals surface area contributed by atoms with Crippen LogP contribution in [-0.2, 0) is 16.4 Å². The summed E-state index contributed by atoms with van der Waals surface area (Å²) in [5.41, 5.74) is 0. The number of nitrogens with zero attached hydrogens (tertiary/aromatic N) is 4. The van der Waals surface area contributed by atoms with Crippen molar-refractivity contribution in [2.24, 2.45) is 5.92 Å². The van der Waals surface area contributed by atoms with Crippen LogP contribution in [0.5, 0.6) is 0 Å². The van der Waals surface area contributed by atoms with E-state index in [1.165, 1.54) is 25.9 Å².